The zero-order valence-corrected chi connectivity index (χ0v) is 51.0. The third kappa shape index (κ3) is 63.3. The monoisotopic (exact) mass is 1070 g/mol. The van der Waals surface area contributed by atoms with Crippen molar-refractivity contribution in [1.82, 2.24) is 0 Å². The van der Waals surface area contributed by atoms with Crippen molar-refractivity contribution in [2.75, 3.05) is 13.2 Å². The van der Waals surface area contributed by atoms with Crippen molar-refractivity contribution in [2.24, 2.45) is 0 Å². The second-order valence-corrected chi connectivity index (χ2v) is 22.0. The zero-order chi connectivity index (χ0) is 55.7. The lowest BCUT2D eigenvalue weighted by Crippen LogP contribution is -2.30. The summed E-state index contributed by atoms with van der Waals surface area (Å²) in [7, 11) is 0. The van der Waals surface area contributed by atoms with E-state index < -0.39 is 6.10 Å². The van der Waals surface area contributed by atoms with Gasteiger partial charge in [0.1, 0.15) is 13.2 Å². The van der Waals surface area contributed by atoms with Gasteiger partial charge in [0.15, 0.2) is 6.10 Å². The fraction of sp³-hybridized carbons (Fsp3) is 0.761. The van der Waals surface area contributed by atoms with Gasteiger partial charge in [-0.15, -0.1) is 0 Å². The molecular weight excluding hydrogens is 949 g/mol. The van der Waals surface area contributed by atoms with Crippen molar-refractivity contribution >= 4 is 17.9 Å². The Hall–Kier alpha value is -3.41. The molecule has 0 fully saturated rings. The van der Waals surface area contributed by atoms with Crippen LogP contribution in [0.2, 0.25) is 0 Å². The summed E-state index contributed by atoms with van der Waals surface area (Å²) in [4.78, 5) is 38.2. The number of carbonyl (C=O) groups is 3. The first kappa shape index (κ1) is 73.6. The highest BCUT2D eigenvalue weighted by Gasteiger charge is 2.19. The Kier molecular flexibility index (Phi) is 62.2. The summed E-state index contributed by atoms with van der Waals surface area (Å²) in [6, 6.07) is 0. The van der Waals surface area contributed by atoms with Crippen LogP contribution in [0.25, 0.3) is 0 Å². The van der Waals surface area contributed by atoms with Gasteiger partial charge >= 0.3 is 17.9 Å². The summed E-state index contributed by atoms with van der Waals surface area (Å²) in [5.41, 5.74) is 0. The van der Waals surface area contributed by atoms with Crippen molar-refractivity contribution in [3.05, 3.63) is 85.1 Å². The van der Waals surface area contributed by atoms with Crippen LogP contribution in [-0.4, -0.2) is 37.2 Å². The van der Waals surface area contributed by atoms with Crippen LogP contribution in [0.15, 0.2) is 85.1 Å². The molecule has 0 rings (SSSR count). The standard InChI is InChI=1S/C71H124O6/c1-4-7-10-13-16-19-22-24-26-28-30-31-32-33-34-35-36-37-38-39-40-41-42-44-45-47-49-52-55-58-61-64-70(73)76-67-68(66-75-69(72)63-60-57-54-51-21-18-15-12-9-6-3)77-71(74)65-62-59-56-53-50-48-46-43-29-27-25-23-20-17-14-11-8-5-2/h7,10,12,15-16,19,24,26-27,29-31,33-34,68H,4-6,8-9,11,13-14,17-18,20-23,25,28,32,35-67H2,1-3H3/b10-7-,15-12-,19-16-,26-24-,29-27-,31-30-,34-33-. The molecule has 0 aromatic carbocycles. The summed E-state index contributed by atoms with van der Waals surface area (Å²) in [5, 5.41) is 0. The molecule has 0 saturated heterocycles. The molecule has 0 saturated carbocycles. The van der Waals surface area contributed by atoms with Gasteiger partial charge in [-0.2, -0.15) is 0 Å². The van der Waals surface area contributed by atoms with E-state index in [0.29, 0.717) is 19.3 Å². The maximum absolute atomic E-state index is 12.9. The molecule has 0 aliphatic carbocycles. The minimum atomic E-state index is -0.781. The fourth-order valence-electron chi connectivity index (χ4n) is 9.41. The third-order valence-electron chi connectivity index (χ3n) is 14.3. The number of ether oxygens (including phenoxy) is 3. The predicted molar refractivity (Wildman–Crippen MR) is 334 cm³/mol. The molecule has 6 nitrogen and oxygen atoms in total. The highest BCUT2D eigenvalue weighted by atomic mass is 16.6. The smallest absolute Gasteiger partial charge is 0.306 e. The highest BCUT2D eigenvalue weighted by molar-refractivity contribution is 5.71. The number of rotatable bonds is 60. The molecule has 0 heterocycles. The van der Waals surface area contributed by atoms with Gasteiger partial charge in [-0.1, -0.05) is 286 Å². The average molecular weight is 1070 g/mol. The van der Waals surface area contributed by atoms with Crippen LogP contribution >= 0.6 is 0 Å². The maximum atomic E-state index is 12.9. The van der Waals surface area contributed by atoms with Crippen molar-refractivity contribution < 1.29 is 28.6 Å². The maximum Gasteiger partial charge on any atom is 0.306 e. The first-order valence-electron chi connectivity index (χ1n) is 33.1. The number of hydrogen-bond acceptors (Lipinski definition) is 6. The molecule has 0 bridgehead atoms. The minimum absolute atomic E-state index is 0.0781. The van der Waals surface area contributed by atoms with Crippen LogP contribution in [0.3, 0.4) is 0 Å². The summed E-state index contributed by atoms with van der Waals surface area (Å²) in [6.07, 6.45) is 86.1. The first-order valence-corrected chi connectivity index (χ1v) is 33.1. The van der Waals surface area contributed by atoms with Gasteiger partial charge < -0.3 is 14.2 Å². The Bertz CT molecular complexity index is 1470. The van der Waals surface area contributed by atoms with E-state index in [2.05, 4.69) is 106 Å². The molecule has 1 atom stereocenters. The van der Waals surface area contributed by atoms with Crippen LogP contribution in [-0.2, 0) is 28.6 Å². The van der Waals surface area contributed by atoms with Gasteiger partial charge in [-0.3, -0.25) is 14.4 Å². The lowest BCUT2D eigenvalue weighted by molar-refractivity contribution is -0.167. The Morgan fingerprint density at radius 3 is 0.857 bits per heavy atom. The molecule has 0 amide bonds. The molecule has 1 unspecified atom stereocenters. The van der Waals surface area contributed by atoms with Gasteiger partial charge in [0.25, 0.3) is 0 Å². The second kappa shape index (κ2) is 65.1. The summed E-state index contributed by atoms with van der Waals surface area (Å²) >= 11 is 0. The molecule has 0 aliphatic rings. The number of hydrogen-bond donors (Lipinski definition) is 0. The van der Waals surface area contributed by atoms with Crippen LogP contribution in [0, 0.1) is 0 Å². The molecule has 0 N–H and O–H groups in total. The van der Waals surface area contributed by atoms with Gasteiger partial charge in [0.2, 0.25) is 0 Å². The molecule has 0 aromatic rings. The van der Waals surface area contributed by atoms with Crippen LogP contribution in [0.5, 0.6) is 0 Å². The summed E-state index contributed by atoms with van der Waals surface area (Å²) < 4.78 is 16.9. The first-order chi connectivity index (χ1) is 38.0. The van der Waals surface area contributed by atoms with Gasteiger partial charge in [0, 0.05) is 19.3 Å². The summed E-state index contributed by atoms with van der Waals surface area (Å²) in [6.45, 7) is 6.48. The minimum Gasteiger partial charge on any atom is -0.462 e. The van der Waals surface area contributed by atoms with Crippen LogP contribution in [0.1, 0.15) is 329 Å². The second-order valence-electron chi connectivity index (χ2n) is 22.0. The van der Waals surface area contributed by atoms with Gasteiger partial charge in [-0.25, -0.2) is 0 Å². The number of carbonyl (C=O) groups excluding carboxylic acids is 3. The van der Waals surface area contributed by atoms with E-state index in [1.165, 1.54) is 186 Å². The number of unbranched alkanes of at least 4 members (excludes halogenated alkanes) is 35. The lowest BCUT2D eigenvalue weighted by atomic mass is 10.0. The molecule has 77 heavy (non-hydrogen) atoms. The average Bonchev–Trinajstić information content (AvgIpc) is 3.43. The Morgan fingerprint density at radius 1 is 0.273 bits per heavy atom. The topological polar surface area (TPSA) is 78.9 Å². The zero-order valence-electron chi connectivity index (χ0n) is 51.0. The van der Waals surface area contributed by atoms with E-state index in [1.54, 1.807) is 0 Å². The normalized spacial score (nSPS) is 12.6. The fourth-order valence-corrected chi connectivity index (χ4v) is 9.41. The molecule has 6 heteroatoms. The lowest BCUT2D eigenvalue weighted by Gasteiger charge is -2.18. The molecule has 0 radical (unpaired) electrons. The molecule has 444 valence electrons. The SMILES string of the molecule is CC/C=C\C/C=C\C/C=C\C/C=C\C/C=C\CCCCCCCCCCCCCCCCCC(=O)OCC(COC(=O)CCCCCCC/C=C\CCC)OC(=O)CCCCCCCCC/C=C\CCCCCCCCC. The predicted octanol–water partition coefficient (Wildman–Crippen LogP) is 22.7. The Balaban J connectivity index is 4.15. The Morgan fingerprint density at radius 2 is 0.532 bits per heavy atom. The van der Waals surface area contributed by atoms with E-state index in [1.807, 2.05) is 0 Å². The van der Waals surface area contributed by atoms with E-state index in [0.717, 1.165) is 103 Å². The van der Waals surface area contributed by atoms with Crippen molar-refractivity contribution in [3.63, 3.8) is 0 Å². The van der Waals surface area contributed by atoms with E-state index >= 15 is 0 Å². The van der Waals surface area contributed by atoms with Crippen molar-refractivity contribution in [1.29, 1.82) is 0 Å². The number of esters is 3. The molecule has 0 aromatic heterocycles. The quantitative estimate of drug-likeness (QED) is 0.0261. The van der Waals surface area contributed by atoms with Crippen molar-refractivity contribution in [3.8, 4) is 0 Å². The molecular formula is C71H124O6. The highest BCUT2D eigenvalue weighted by Crippen LogP contribution is 2.17. The number of allylic oxidation sites excluding steroid dienone is 14. The third-order valence-corrected chi connectivity index (χ3v) is 14.3. The molecule has 0 aliphatic heterocycles. The van der Waals surface area contributed by atoms with Crippen LogP contribution in [0.4, 0.5) is 0 Å². The van der Waals surface area contributed by atoms with Gasteiger partial charge in [0.05, 0.1) is 0 Å². The van der Waals surface area contributed by atoms with Gasteiger partial charge in [-0.05, 0) is 109 Å². The van der Waals surface area contributed by atoms with E-state index in [9.17, 15) is 14.4 Å². The Labute approximate surface area is 477 Å². The largest absolute Gasteiger partial charge is 0.462 e. The molecule has 0 spiro atoms. The van der Waals surface area contributed by atoms with Crippen LogP contribution < -0.4 is 0 Å². The summed E-state index contributed by atoms with van der Waals surface area (Å²) in [5.74, 6) is -0.881. The van der Waals surface area contributed by atoms with E-state index in [4.69, 9.17) is 14.2 Å². The van der Waals surface area contributed by atoms with Crippen molar-refractivity contribution in [2.45, 2.75) is 335 Å². The van der Waals surface area contributed by atoms with E-state index in [-0.39, 0.29) is 31.1 Å².